The van der Waals surface area contributed by atoms with Crippen molar-refractivity contribution in [3.63, 3.8) is 0 Å². The number of primary amides is 1. The van der Waals surface area contributed by atoms with E-state index >= 15 is 0 Å². The second-order valence-corrected chi connectivity index (χ2v) is 5.70. The number of carbonyl (C=O) groups excluding carboxylic acids is 1. The fourth-order valence-corrected chi connectivity index (χ4v) is 3.01. The number of nitrogens with zero attached hydrogens (tertiary/aromatic N) is 2. The third-order valence-electron chi connectivity index (χ3n) is 2.49. The van der Waals surface area contributed by atoms with Crippen LogP contribution in [0.15, 0.2) is 41.0 Å². The van der Waals surface area contributed by atoms with Gasteiger partial charge < -0.3 is 11.5 Å². The number of thioether (sulfide) groups is 1. The number of hydrogen-bond donors (Lipinski definition) is 2. The van der Waals surface area contributed by atoms with E-state index in [0.717, 1.165) is 4.34 Å². The molecule has 4 N–H and O–H groups in total. The minimum absolute atomic E-state index is 0.335. The molecule has 2 aromatic rings. The minimum Gasteiger partial charge on any atom is -0.368 e. The van der Waals surface area contributed by atoms with Crippen molar-refractivity contribution < 1.29 is 4.79 Å². The molecule has 0 aliphatic rings. The maximum Gasteiger partial charge on any atom is 0.243 e. The van der Waals surface area contributed by atoms with Crippen LogP contribution < -0.4 is 11.5 Å². The van der Waals surface area contributed by atoms with Gasteiger partial charge in [0.1, 0.15) is 11.9 Å². The van der Waals surface area contributed by atoms with Crippen LogP contribution in [0.25, 0.3) is 0 Å². The molecular weight excluding hydrogens is 268 g/mol. The summed E-state index contributed by atoms with van der Waals surface area (Å²) in [4.78, 5) is 15.7. The molecule has 1 atom stereocenters. The number of carbonyl (C=O) groups is 1. The number of rotatable bonds is 5. The highest BCUT2D eigenvalue weighted by atomic mass is 32.2. The summed E-state index contributed by atoms with van der Waals surface area (Å²) >= 11 is 2.64. The predicted molar refractivity (Wildman–Crippen MR) is 72.1 cm³/mol. The summed E-state index contributed by atoms with van der Waals surface area (Å²) in [5.74, 6) is -0.215. The van der Waals surface area contributed by atoms with Gasteiger partial charge in [0.25, 0.3) is 0 Å². The van der Waals surface area contributed by atoms with Gasteiger partial charge in [-0.1, -0.05) is 42.1 Å². The summed E-state index contributed by atoms with van der Waals surface area (Å²) in [5.41, 5.74) is 11.1. The highest BCUT2D eigenvalue weighted by molar-refractivity contribution is 8.01. The van der Waals surface area contributed by atoms with Crippen molar-refractivity contribution in [1.29, 1.82) is 0 Å². The Balaban J connectivity index is 2.20. The van der Waals surface area contributed by atoms with Gasteiger partial charge in [-0.3, -0.25) is 4.79 Å². The standard InChI is InChI=1S/C11H12N4OS2/c12-9(16)11(13,8-4-2-1-3-5-8)6-17-10-14-7-15-18-10/h1-5,7H,6,13H2,(H2,12,16). The Bertz CT molecular complexity index is 517. The summed E-state index contributed by atoms with van der Waals surface area (Å²) in [7, 11) is 0. The summed E-state index contributed by atoms with van der Waals surface area (Å²) in [6.45, 7) is 0. The Hall–Kier alpha value is -1.44. The quantitative estimate of drug-likeness (QED) is 0.796. The molecule has 94 valence electrons. The van der Waals surface area contributed by atoms with Crippen molar-refractivity contribution in [2.75, 3.05) is 5.75 Å². The number of aromatic nitrogens is 2. The Labute approximate surface area is 113 Å². The molecule has 1 amide bonds. The average Bonchev–Trinajstić information content (AvgIpc) is 2.90. The van der Waals surface area contributed by atoms with Gasteiger partial charge in [0.2, 0.25) is 5.91 Å². The number of nitrogens with two attached hydrogens (primary N) is 2. The van der Waals surface area contributed by atoms with Crippen LogP contribution in [0.2, 0.25) is 0 Å². The average molecular weight is 280 g/mol. The van der Waals surface area contributed by atoms with E-state index < -0.39 is 11.4 Å². The minimum atomic E-state index is -1.20. The van der Waals surface area contributed by atoms with Gasteiger partial charge in [-0.25, -0.2) is 4.98 Å². The maximum atomic E-state index is 11.6. The molecule has 1 unspecified atom stereocenters. The lowest BCUT2D eigenvalue weighted by Gasteiger charge is -2.25. The summed E-state index contributed by atoms with van der Waals surface area (Å²) in [6.07, 6.45) is 1.47. The molecule has 0 fully saturated rings. The molecule has 2 rings (SSSR count). The lowest BCUT2D eigenvalue weighted by molar-refractivity contribution is -0.122. The fraction of sp³-hybridized carbons (Fsp3) is 0.182. The van der Waals surface area contributed by atoms with E-state index in [1.807, 2.05) is 18.2 Å². The van der Waals surface area contributed by atoms with Crippen LogP contribution in [0.1, 0.15) is 5.56 Å². The van der Waals surface area contributed by atoms with Gasteiger partial charge >= 0.3 is 0 Å². The third-order valence-corrected chi connectivity index (χ3v) is 4.48. The van der Waals surface area contributed by atoms with Crippen LogP contribution in [0.4, 0.5) is 0 Å². The first-order valence-corrected chi connectivity index (χ1v) is 6.92. The highest BCUT2D eigenvalue weighted by Crippen LogP contribution is 2.28. The third kappa shape index (κ3) is 2.69. The van der Waals surface area contributed by atoms with Gasteiger partial charge in [0.05, 0.1) is 0 Å². The second-order valence-electron chi connectivity index (χ2n) is 3.70. The van der Waals surface area contributed by atoms with Crippen LogP contribution in [-0.2, 0) is 10.3 Å². The number of benzene rings is 1. The lowest BCUT2D eigenvalue weighted by Crippen LogP contribution is -2.51. The van der Waals surface area contributed by atoms with E-state index in [1.54, 1.807) is 12.1 Å². The van der Waals surface area contributed by atoms with Crippen molar-refractivity contribution >= 4 is 29.2 Å². The lowest BCUT2D eigenvalue weighted by atomic mass is 9.92. The van der Waals surface area contributed by atoms with E-state index in [1.165, 1.54) is 29.6 Å². The van der Waals surface area contributed by atoms with E-state index in [9.17, 15) is 4.79 Å². The first kappa shape index (κ1) is 13.0. The smallest absolute Gasteiger partial charge is 0.243 e. The zero-order valence-electron chi connectivity index (χ0n) is 9.45. The van der Waals surface area contributed by atoms with Gasteiger partial charge in [-0.05, 0) is 17.1 Å². The normalized spacial score (nSPS) is 14.1. The Morgan fingerprint density at radius 3 is 2.67 bits per heavy atom. The maximum absolute atomic E-state index is 11.6. The SMILES string of the molecule is NC(=O)C(N)(CSc1ncns1)c1ccccc1. The molecular formula is C11H12N4OS2. The van der Waals surface area contributed by atoms with E-state index in [4.69, 9.17) is 11.5 Å². The van der Waals surface area contributed by atoms with Gasteiger partial charge in [0, 0.05) is 5.75 Å². The molecule has 1 heterocycles. The Morgan fingerprint density at radius 2 is 2.11 bits per heavy atom. The largest absolute Gasteiger partial charge is 0.368 e. The van der Waals surface area contributed by atoms with Crippen molar-refractivity contribution in [3.8, 4) is 0 Å². The molecule has 0 saturated carbocycles. The topological polar surface area (TPSA) is 94.9 Å². The van der Waals surface area contributed by atoms with E-state index in [0.29, 0.717) is 11.3 Å². The summed E-state index contributed by atoms with van der Waals surface area (Å²) < 4.78 is 4.66. The molecule has 7 heteroatoms. The van der Waals surface area contributed by atoms with E-state index in [-0.39, 0.29) is 0 Å². The summed E-state index contributed by atoms with van der Waals surface area (Å²) in [5, 5.41) is 0. The van der Waals surface area contributed by atoms with Gasteiger partial charge in [-0.15, -0.1) is 0 Å². The van der Waals surface area contributed by atoms with Crippen LogP contribution >= 0.6 is 23.3 Å². The molecule has 5 nitrogen and oxygen atoms in total. The van der Waals surface area contributed by atoms with Crippen LogP contribution in [0.3, 0.4) is 0 Å². The zero-order chi connectivity index (χ0) is 13.0. The second kappa shape index (κ2) is 5.47. The number of hydrogen-bond acceptors (Lipinski definition) is 6. The molecule has 0 bridgehead atoms. The molecule has 0 aliphatic heterocycles. The van der Waals surface area contributed by atoms with Crippen molar-refractivity contribution in [2.45, 2.75) is 9.88 Å². The molecule has 1 aromatic heterocycles. The molecule has 0 saturated heterocycles. The zero-order valence-corrected chi connectivity index (χ0v) is 11.1. The van der Waals surface area contributed by atoms with Crippen molar-refractivity contribution in [1.82, 2.24) is 9.36 Å². The monoisotopic (exact) mass is 280 g/mol. The molecule has 0 spiro atoms. The number of amides is 1. The molecule has 18 heavy (non-hydrogen) atoms. The van der Waals surface area contributed by atoms with Crippen LogP contribution in [-0.4, -0.2) is 21.0 Å². The molecule has 0 aliphatic carbocycles. The van der Waals surface area contributed by atoms with Crippen molar-refractivity contribution in [2.24, 2.45) is 11.5 Å². The van der Waals surface area contributed by atoms with Gasteiger partial charge in [-0.2, -0.15) is 4.37 Å². The van der Waals surface area contributed by atoms with Gasteiger partial charge in [0.15, 0.2) is 4.34 Å². The van der Waals surface area contributed by atoms with E-state index in [2.05, 4.69) is 9.36 Å². The first-order valence-electron chi connectivity index (χ1n) is 5.17. The Kier molecular flexibility index (Phi) is 3.95. The van der Waals surface area contributed by atoms with Crippen molar-refractivity contribution in [3.05, 3.63) is 42.2 Å². The highest BCUT2D eigenvalue weighted by Gasteiger charge is 2.34. The molecule has 0 radical (unpaired) electrons. The first-order chi connectivity index (χ1) is 8.63. The predicted octanol–water partition coefficient (Wildman–Crippen LogP) is 0.970. The summed E-state index contributed by atoms with van der Waals surface area (Å²) in [6, 6.07) is 9.12. The Morgan fingerprint density at radius 1 is 1.39 bits per heavy atom. The van der Waals surface area contributed by atoms with Crippen LogP contribution in [0.5, 0.6) is 0 Å². The fourth-order valence-electron chi connectivity index (χ4n) is 1.43. The van der Waals surface area contributed by atoms with Crippen LogP contribution in [0, 0.1) is 0 Å². The molecule has 1 aromatic carbocycles.